The Morgan fingerprint density at radius 3 is 2.42 bits per heavy atom. The van der Waals surface area contributed by atoms with E-state index in [1.54, 1.807) is 11.8 Å². The summed E-state index contributed by atoms with van der Waals surface area (Å²) in [4.78, 5) is 24.1. The van der Waals surface area contributed by atoms with Crippen molar-refractivity contribution in [2.24, 2.45) is 5.92 Å². The summed E-state index contributed by atoms with van der Waals surface area (Å²) in [6.07, 6.45) is 1.13. The fourth-order valence-electron chi connectivity index (χ4n) is 2.48. The van der Waals surface area contributed by atoms with Crippen LogP contribution in [0.15, 0.2) is 17.0 Å². The molecule has 1 aromatic carbocycles. The Morgan fingerprint density at radius 2 is 1.84 bits per heavy atom. The Morgan fingerprint density at radius 1 is 1.21 bits per heavy atom. The maximum absolute atomic E-state index is 11.7. The third kappa shape index (κ3) is 3.38. The Labute approximate surface area is 118 Å². The number of amides is 2. The minimum absolute atomic E-state index is 0.0530. The molecule has 1 heterocycles. The van der Waals surface area contributed by atoms with Crippen LogP contribution in [0, 0.1) is 26.7 Å². The summed E-state index contributed by atoms with van der Waals surface area (Å²) < 4.78 is 0. The van der Waals surface area contributed by atoms with Crippen molar-refractivity contribution in [1.29, 1.82) is 0 Å². The fraction of sp³-hybridized carbons (Fsp3) is 0.467. The topological polar surface area (TPSA) is 46.2 Å². The van der Waals surface area contributed by atoms with E-state index in [2.05, 4.69) is 38.2 Å². The molecule has 0 spiro atoms. The highest BCUT2D eigenvalue weighted by molar-refractivity contribution is 7.99. The van der Waals surface area contributed by atoms with Crippen molar-refractivity contribution in [2.45, 2.75) is 38.5 Å². The van der Waals surface area contributed by atoms with Gasteiger partial charge in [0.25, 0.3) is 0 Å². The second kappa shape index (κ2) is 5.78. The van der Waals surface area contributed by atoms with E-state index in [1.807, 2.05) is 0 Å². The van der Waals surface area contributed by atoms with E-state index in [-0.39, 0.29) is 17.7 Å². The first-order chi connectivity index (χ1) is 8.97. The number of carbonyl (C=O) groups excluding carboxylic acids is 2. The Kier molecular flexibility index (Phi) is 4.30. The van der Waals surface area contributed by atoms with Gasteiger partial charge in [0, 0.05) is 23.0 Å². The number of piperidine rings is 1. The Hall–Kier alpha value is -1.29. The highest BCUT2D eigenvalue weighted by Gasteiger charge is 2.26. The maximum Gasteiger partial charge on any atom is 0.230 e. The molecule has 1 unspecified atom stereocenters. The predicted molar refractivity (Wildman–Crippen MR) is 77.3 cm³/mol. The maximum atomic E-state index is 11.7. The summed E-state index contributed by atoms with van der Waals surface area (Å²) in [5, 5.41) is 2.41. The number of thioether (sulfide) groups is 1. The van der Waals surface area contributed by atoms with Crippen LogP contribution in [-0.4, -0.2) is 17.6 Å². The van der Waals surface area contributed by atoms with E-state index < -0.39 is 0 Å². The largest absolute Gasteiger partial charge is 0.296 e. The van der Waals surface area contributed by atoms with E-state index in [9.17, 15) is 9.59 Å². The molecular formula is C15H19NO2S. The van der Waals surface area contributed by atoms with E-state index in [4.69, 9.17) is 0 Å². The number of rotatable bonds is 3. The lowest BCUT2D eigenvalue weighted by molar-refractivity contribution is -0.135. The number of aryl methyl sites for hydroxylation is 3. The molecule has 1 aliphatic rings. The van der Waals surface area contributed by atoms with E-state index in [1.165, 1.54) is 21.6 Å². The van der Waals surface area contributed by atoms with Crippen LogP contribution in [0.2, 0.25) is 0 Å². The molecule has 3 nitrogen and oxygen atoms in total. The van der Waals surface area contributed by atoms with Crippen molar-refractivity contribution in [3.63, 3.8) is 0 Å². The van der Waals surface area contributed by atoms with Crippen molar-refractivity contribution in [3.8, 4) is 0 Å². The molecule has 0 saturated carbocycles. The number of carbonyl (C=O) groups is 2. The van der Waals surface area contributed by atoms with Crippen molar-refractivity contribution in [1.82, 2.24) is 5.32 Å². The van der Waals surface area contributed by atoms with Crippen LogP contribution in [-0.2, 0) is 9.59 Å². The summed E-state index contributed by atoms with van der Waals surface area (Å²) in [5.41, 5.74) is 3.78. The van der Waals surface area contributed by atoms with Crippen LogP contribution in [0.5, 0.6) is 0 Å². The standard InChI is InChI=1S/C15H19NO2S/c1-9-6-10(2)14(11(3)7-9)19-8-12-4-5-13(17)16-15(12)18/h6-7,12H,4-5,8H2,1-3H3,(H,16,17,18). The van der Waals surface area contributed by atoms with E-state index >= 15 is 0 Å². The van der Waals surface area contributed by atoms with Crippen molar-refractivity contribution < 1.29 is 9.59 Å². The zero-order valence-corrected chi connectivity index (χ0v) is 12.4. The van der Waals surface area contributed by atoms with Gasteiger partial charge in [0.15, 0.2) is 0 Å². The molecule has 4 heteroatoms. The number of hydrogen-bond acceptors (Lipinski definition) is 3. The number of imide groups is 1. The summed E-state index contributed by atoms with van der Waals surface area (Å²) in [6.45, 7) is 6.30. The van der Waals surface area contributed by atoms with Gasteiger partial charge in [-0.3, -0.25) is 14.9 Å². The summed E-state index contributed by atoms with van der Waals surface area (Å²) in [5.74, 6) is 0.423. The van der Waals surface area contributed by atoms with Gasteiger partial charge in [-0.05, 0) is 38.3 Å². The second-order valence-electron chi connectivity index (χ2n) is 5.19. The normalized spacial score (nSPS) is 19.4. The van der Waals surface area contributed by atoms with Gasteiger partial charge in [-0.25, -0.2) is 0 Å². The van der Waals surface area contributed by atoms with E-state index in [0.717, 1.165) is 5.75 Å². The van der Waals surface area contributed by atoms with Crippen molar-refractivity contribution in [2.75, 3.05) is 5.75 Å². The summed E-state index contributed by atoms with van der Waals surface area (Å²) in [7, 11) is 0. The Bertz CT molecular complexity index is 502. The number of benzene rings is 1. The molecule has 1 saturated heterocycles. The van der Waals surface area contributed by atoms with Gasteiger partial charge in [-0.15, -0.1) is 11.8 Å². The number of hydrogen-bond donors (Lipinski definition) is 1. The first-order valence-corrected chi connectivity index (χ1v) is 7.50. The minimum atomic E-state index is -0.144. The van der Waals surface area contributed by atoms with Gasteiger partial charge in [0.1, 0.15) is 0 Å². The highest BCUT2D eigenvalue weighted by atomic mass is 32.2. The Balaban J connectivity index is 2.03. The molecule has 2 amide bonds. The molecule has 1 atom stereocenters. The zero-order valence-electron chi connectivity index (χ0n) is 11.6. The third-order valence-electron chi connectivity index (χ3n) is 3.39. The van der Waals surface area contributed by atoms with Gasteiger partial charge in [-0.2, -0.15) is 0 Å². The van der Waals surface area contributed by atoms with Gasteiger partial charge in [0.2, 0.25) is 11.8 Å². The van der Waals surface area contributed by atoms with Gasteiger partial charge in [0.05, 0.1) is 0 Å². The molecule has 1 N–H and O–H groups in total. The molecule has 0 radical (unpaired) electrons. The number of nitrogens with one attached hydrogen (secondary N) is 1. The first kappa shape index (κ1) is 14.1. The van der Waals surface area contributed by atoms with E-state index in [0.29, 0.717) is 12.8 Å². The predicted octanol–water partition coefficient (Wildman–Crippen LogP) is 2.76. The lowest BCUT2D eigenvalue weighted by Gasteiger charge is -2.21. The lowest BCUT2D eigenvalue weighted by atomic mass is 10.0. The van der Waals surface area contributed by atoms with Gasteiger partial charge < -0.3 is 0 Å². The van der Waals surface area contributed by atoms with Crippen LogP contribution in [0.4, 0.5) is 0 Å². The van der Waals surface area contributed by atoms with Crippen LogP contribution in [0.25, 0.3) is 0 Å². The smallest absolute Gasteiger partial charge is 0.230 e. The van der Waals surface area contributed by atoms with Crippen molar-refractivity contribution in [3.05, 3.63) is 28.8 Å². The van der Waals surface area contributed by atoms with Gasteiger partial charge >= 0.3 is 0 Å². The molecule has 0 bridgehead atoms. The highest BCUT2D eigenvalue weighted by Crippen LogP contribution is 2.30. The van der Waals surface area contributed by atoms with Crippen molar-refractivity contribution >= 4 is 23.6 Å². The van der Waals surface area contributed by atoms with Crippen LogP contribution >= 0.6 is 11.8 Å². The first-order valence-electron chi connectivity index (χ1n) is 6.51. The SMILES string of the molecule is Cc1cc(C)c(SCC2CCC(=O)NC2=O)c(C)c1. The summed E-state index contributed by atoms with van der Waals surface area (Å²) in [6, 6.07) is 4.33. The molecule has 19 heavy (non-hydrogen) atoms. The lowest BCUT2D eigenvalue weighted by Crippen LogP contribution is -2.41. The second-order valence-corrected chi connectivity index (χ2v) is 6.22. The van der Waals surface area contributed by atoms with Crippen LogP contribution in [0.3, 0.4) is 0 Å². The quantitative estimate of drug-likeness (QED) is 0.682. The molecule has 2 rings (SSSR count). The molecule has 0 aliphatic carbocycles. The molecule has 1 aliphatic heterocycles. The average molecular weight is 277 g/mol. The molecule has 1 fully saturated rings. The average Bonchev–Trinajstić information content (AvgIpc) is 2.30. The van der Waals surface area contributed by atoms with Gasteiger partial charge in [-0.1, -0.05) is 17.7 Å². The summed E-state index contributed by atoms with van der Waals surface area (Å²) >= 11 is 1.72. The zero-order chi connectivity index (χ0) is 14.0. The third-order valence-corrected chi connectivity index (χ3v) is 4.89. The molecule has 102 valence electrons. The molecule has 1 aromatic rings. The fourth-order valence-corrected chi connectivity index (χ4v) is 3.73. The molecule has 0 aromatic heterocycles. The monoisotopic (exact) mass is 277 g/mol. The molecular weight excluding hydrogens is 258 g/mol. The van der Waals surface area contributed by atoms with Crippen LogP contribution < -0.4 is 5.32 Å². The van der Waals surface area contributed by atoms with Crippen LogP contribution in [0.1, 0.15) is 29.5 Å². The minimum Gasteiger partial charge on any atom is -0.296 e.